The summed E-state index contributed by atoms with van der Waals surface area (Å²) >= 11 is 0. The molecule has 100 valence electrons. The van der Waals surface area contributed by atoms with Gasteiger partial charge in [-0.1, -0.05) is 65.2 Å². The van der Waals surface area contributed by atoms with Crippen molar-refractivity contribution in [2.24, 2.45) is 0 Å². The van der Waals surface area contributed by atoms with Crippen molar-refractivity contribution in [2.75, 3.05) is 7.05 Å². The van der Waals surface area contributed by atoms with E-state index in [1.807, 2.05) is 7.05 Å². The molecule has 0 rings (SSSR count). The van der Waals surface area contributed by atoms with Crippen LogP contribution in [0.15, 0.2) is 0 Å². The molecular formula is C15H30N2. The molecule has 0 aromatic rings. The summed E-state index contributed by atoms with van der Waals surface area (Å²) in [5.74, 6) is 0. The Kier molecular flexibility index (Phi) is 10.3. The third kappa shape index (κ3) is 7.39. The molecule has 0 aromatic heterocycles. The Morgan fingerprint density at radius 2 is 1.35 bits per heavy atom. The number of unbranched alkanes of at least 4 members (excludes halogenated alkanes) is 6. The van der Waals surface area contributed by atoms with Gasteiger partial charge in [-0.05, 0) is 19.9 Å². The SMILES string of the molecule is CCCCCCC(C#N)(CCCCCC)NC. The van der Waals surface area contributed by atoms with Gasteiger partial charge in [-0.3, -0.25) is 0 Å². The molecular weight excluding hydrogens is 208 g/mol. The van der Waals surface area contributed by atoms with Gasteiger partial charge in [0.15, 0.2) is 0 Å². The summed E-state index contributed by atoms with van der Waals surface area (Å²) < 4.78 is 0. The van der Waals surface area contributed by atoms with E-state index in [1.165, 1.54) is 51.4 Å². The second kappa shape index (κ2) is 10.6. The zero-order valence-corrected chi connectivity index (χ0v) is 12.0. The van der Waals surface area contributed by atoms with Gasteiger partial charge in [0.25, 0.3) is 0 Å². The average molecular weight is 238 g/mol. The number of hydrogen-bond acceptors (Lipinski definition) is 2. The van der Waals surface area contributed by atoms with E-state index in [-0.39, 0.29) is 5.54 Å². The van der Waals surface area contributed by atoms with Crippen LogP contribution in [0.4, 0.5) is 0 Å². The molecule has 17 heavy (non-hydrogen) atoms. The Balaban J connectivity index is 3.94. The van der Waals surface area contributed by atoms with Crippen LogP contribution in [0.1, 0.15) is 78.1 Å². The molecule has 0 bridgehead atoms. The van der Waals surface area contributed by atoms with Crippen molar-refractivity contribution in [3.63, 3.8) is 0 Å². The number of nitriles is 1. The number of rotatable bonds is 11. The molecule has 1 N–H and O–H groups in total. The quantitative estimate of drug-likeness (QED) is 0.541. The summed E-state index contributed by atoms with van der Waals surface area (Å²) in [4.78, 5) is 0. The Bertz CT molecular complexity index is 193. The highest BCUT2D eigenvalue weighted by Gasteiger charge is 2.26. The smallest absolute Gasteiger partial charge is 0.106 e. The first-order chi connectivity index (χ1) is 8.24. The zero-order chi connectivity index (χ0) is 13.0. The Labute approximate surface area is 108 Å². The minimum atomic E-state index is -0.262. The van der Waals surface area contributed by atoms with Crippen LogP contribution in [-0.2, 0) is 0 Å². The first kappa shape index (κ1) is 16.4. The van der Waals surface area contributed by atoms with Crippen LogP contribution in [0.25, 0.3) is 0 Å². The summed E-state index contributed by atoms with van der Waals surface area (Å²) in [5, 5.41) is 12.6. The lowest BCUT2D eigenvalue weighted by molar-refractivity contribution is 0.357. The van der Waals surface area contributed by atoms with E-state index in [9.17, 15) is 5.26 Å². The van der Waals surface area contributed by atoms with Gasteiger partial charge >= 0.3 is 0 Å². The van der Waals surface area contributed by atoms with Gasteiger partial charge in [-0.25, -0.2) is 0 Å². The molecule has 0 aliphatic heterocycles. The zero-order valence-electron chi connectivity index (χ0n) is 12.0. The van der Waals surface area contributed by atoms with Gasteiger partial charge in [0.2, 0.25) is 0 Å². The van der Waals surface area contributed by atoms with Crippen molar-refractivity contribution in [1.29, 1.82) is 5.26 Å². The lowest BCUT2D eigenvalue weighted by atomic mass is 9.88. The molecule has 2 heteroatoms. The average Bonchev–Trinajstić information content (AvgIpc) is 2.37. The Morgan fingerprint density at radius 1 is 0.882 bits per heavy atom. The molecule has 0 unspecified atom stereocenters. The second-order valence-electron chi connectivity index (χ2n) is 5.07. The third-order valence-corrected chi connectivity index (χ3v) is 3.61. The molecule has 0 heterocycles. The van der Waals surface area contributed by atoms with Crippen LogP contribution in [0, 0.1) is 11.3 Å². The van der Waals surface area contributed by atoms with Crippen LogP contribution in [0.5, 0.6) is 0 Å². The minimum absolute atomic E-state index is 0.262. The van der Waals surface area contributed by atoms with Gasteiger partial charge in [0, 0.05) is 0 Å². The first-order valence-corrected chi connectivity index (χ1v) is 7.34. The lowest BCUT2D eigenvalue weighted by Gasteiger charge is -2.26. The second-order valence-corrected chi connectivity index (χ2v) is 5.07. The standard InChI is InChI=1S/C15H30N2/c1-4-6-8-10-12-15(14-16,17-3)13-11-9-7-5-2/h17H,4-13H2,1-3H3. The van der Waals surface area contributed by atoms with Gasteiger partial charge < -0.3 is 5.32 Å². The van der Waals surface area contributed by atoms with Gasteiger partial charge in [-0.15, -0.1) is 0 Å². The molecule has 0 aromatic carbocycles. The predicted octanol–water partition coefficient (Wildman–Crippen LogP) is 4.41. The van der Waals surface area contributed by atoms with E-state index >= 15 is 0 Å². The van der Waals surface area contributed by atoms with Crippen molar-refractivity contribution in [1.82, 2.24) is 5.32 Å². The van der Waals surface area contributed by atoms with Crippen molar-refractivity contribution in [2.45, 2.75) is 83.6 Å². The fraction of sp³-hybridized carbons (Fsp3) is 0.933. The van der Waals surface area contributed by atoms with Crippen molar-refractivity contribution in [3.8, 4) is 6.07 Å². The summed E-state index contributed by atoms with van der Waals surface area (Å²) in [6.07, 6.45) is 12.0. The first-order valence-electron chi connectivity index (χ1n) is 7.34. The maximum Gasteiger partial charge on any atom is 0.106 e. The van der Waals surface area contributed by atoms with Crippen LogP contribution < -0.4 is 5.32 Å². The monoisotopic (exact) mass is 238 g/mol. The summed E-state index contributed by atoms with van der Waals surface area (Å²) in [7, 11) is 1.93. The number of hydrogen-bond donors (Lipinski definition) is 1. The van der Waals surface area contributed by atoms with E-state index in [4.69, 9.17) is 0 Å². The molecule has 0 radical (unpaired) electrons. The van der Waals surface area contributed by atoms with Gasteiger partial charge in [0.05, 0.1) is 6.07 Å². The highest BCUT2D eigenvalue weighted by molar-refractivity contribution is 5.06. The molecule has 2 nitrogen and oxygen atoms in total. The van der Waals surface area contributed by atoms with E-state index in [1.54, 1.807) is 0 Å². The molecule has 0 spiro atoms. The van der Waals surface area contributed by atoms with Crippen LogP contribution in [0.2, 0.25) is 0 Å². The van der Waals surface area contributed by atoms with E-state index in [0.717, 1.165) is 12.8 Å². The highest BCUT2D eigenvalue weighted by Crippen LogP contribution is 2.22. The van der Waals surface area contributed by atoms with Crippen LogP contribution in [0.3, 0.4) is 0 Å². The molecule has 0 atom stereocenters. The largest absolute Gasteiger partial charge is 0.302 e. The number of nitrogens with one attached hydrogen (secondary N) is 1. The molecule has 0 fully saturated rings. The van der Waals surface area contributed by atoms with Crippen LogP contribution >= 0.6 is 0 Å². The molecule has 0 amide bonds. The summed E-state index contributed by atoms with van der Waals surface area (Å²) in [6.45, 7) is 4.45. The third-order valence-electron chi connectivity index (χ3n) is 3.61. The fourth-order valence-corrected chi connectivity index (χ4v) is 2.25. The summed E-state index contributed by atoms with van der Waals surface area (Å²) in [6, 6.07) is 2.51. The molecule has 0 aliphatic rings. The lowest BCUT2D eigenvalue weighted by Crippen LogP contribution is -2.41. The Hall–Kier alpha value is -0.550. The fourth-order valence-electron chi connectivity index (χ4n) is 2.25. The highest BCUT2D eigenvalue weighted by atomic mass is 14.9. The van der Waals surface area contributed by atoms with E-state index in [0.29, 0.717) is 0 Å². The number of nitrogens with zero attached hydrogens (tertiary/aromatic N) is 1. The maximum atomic E-state index is 9.38. The van der Waals surface area contributed by atoms with Gasteiger partial charge in [-0.2, -0.15) is 5.26 Å². The molecule has 0 saturated carbocycles. The van der Waals surface area contributed by atoms with E-state index < -0.39 is 0 Å². The van der Waals surface area contributed by atoms with E-state index in [2.05, 4.69) is 25.2 Å². The maximum absolute atomic E-state index is 9.38. The van der Waals surface area contributed by atoms with Crippen molar-refractivity contribution >= 4 is 0 Å². The summed E-state index contributed by atoms with van der Waals surface area (Å²) in [5.41, 5.74) is -0.262. The Morgan fingerprint density at radius 3 is 1.65 bits per heavy atom. The van der Waals surface area contributed by atoms with Crippen LogP contribution in [-0.4, -0.2) is 12.6 Å². The minimum Gasteiger partial charge on any atom is -0.302 e. The topological polar surface area (TPSA) is 35.8 Å². The van der Waals surface area contributed by atoms with Crippen molar-refractivity contribution in [3.05, 3.63) is 0 Å². The molecule has 0 saturated heterocycles. The van der Waals surface area contributed by atoms with Crippen molar-refractivity contribution < 1.29 is 0 Å². The molecule has 0 aliphatic carbocycles. The van der Waals surface area contributed by atoms with Gasteiger partial charge in [0.1, 0.15) is 5.54 Å². The predicted molar refractivity (Wildman–Crippen MR) is 74.9 cm³/mol. The normalized spacial score (nSPS) is 11.4.